The minimum absolute atomic E-state index is 0.141. The molecular weight excluding hydrogens is 508 g/mol. The number of aromatic amines is 1. The summed E-state index contributed by atoms with van der Waals surface area (Å²) in [5.74, 6) is -0.143. The summed E-state index contributed by atoms with van der Waals surface area (Å²) >= 11 is 0. The smallest absolute Gasteiger partial charge is 0.253 e. The number of carbonyl (C=O) groups is 1. The van der Waals surface area contributed by atoms with Gasteiger partial charge in [-0.1, -0.05) is 43.5 Å². The highest BCUT2D eigenvalue weighted by atomic mass is 16.1. The number of hydrogen-bond donors (Lipinski definition) is 2. The minimum Gasteiger partial charge on any atom is -0.369 e. The van der Waals surface area contributed by atoms with Crippen LogP contribution in [0.3, 0.4) is 0 Å². The second kappa shape index (κ2) is 13.1. The van der Waals surface area contributed by atoms with Crippen molar-refractivity contribution in [1.29, 1.82) is 0 Å². The van der Waals surface area contributed by atoms with Crippen LogP contribution in [0.25, 0.3) is 11.1 Å². The number of carbonyl (C=O) groups excluding carboxylic acids is 1. The molecule has 0 spiro atoms. The first-order chi connectivity index (χ1) is 19.8. The number of H-pyrrole nitrogens is 1. The van der Waals surface area contributed by atoms with Crippen molar-refractivity contribution in [3.8, 4) is 11.1 Å². The average Bonchev–Trinajstić information content (AvgIpc) is 3.48. The van der Waals surface area contributed by atoms with Gasteiger partial charge < -0.3 is 15.2 Å². The van der Waals surface area contributed by atoms with Crippen molar-refractivity contribution < 1.29 is 4.79 Å². The van der Waals surface area contributed by atoms with Gasteiger partial charge in [-0.25, -0.2) is 0 Å². The number of anilines is 1. The van der Waals surface area contributed by atoms with Gasteiger partial charge in [0.05, 0.1) is 0 Å². The van der Waals surface area contributed by atoms with Crippen molar-refractivity contribution in [3.63, 3.8) is 0 Å². The summed E-state index contributed by atoms with van der Waals surface area (Å²) in [5, 5.41) is 3.07. The van der Waals surface area contributed by atoms with E-state index in [2.05, 4.69) is 64.3 Å². The molecule has 2 heterocycles. The molecule has 1 saturated carbocycles. The van der Waals surface area contributed by atoms with Gasteiger partial charge in [0.2, 0.25) is 0 Å². The Morgan fingerprint density at radius 1 is 0.951 bits per heavy atom. The molecule has 3 aromatic rings. The maximum absolute atomic E-state index is 13.8. The predicted molar refractivity (Wildman–Crippen MR) is 169 cm³/mol. The van der Waals surface area contributed by atoms with Crippen molar-refractivity contribution in [3.05, 3.63) is 86.3 Å². The van der Waals surface area contributed by atoms with E-state index in [1.54, 1.807) is 0 Å². The summed E-state index contributed by atoms with van der Waals surface area (Å²) in [6.45, 7) is 12.6. The summed E-state index contributed by atoms with van der Waals surface area (Å²) < 4.78 is 0. The van der Waals surface area contributed by atoms with Gasteiger partial charge in [0.25, 0.3) is 11.5 Å². The van der Waals surface area contributed by atoms with E-state index in [1.807, 2.05) is 26.0 Å². The van der Waals surface area contributed by atoms with Crippen LogP contribution in [-0.4, -0.2) is 41.5 Å². The van der Waals surface area contributed by atoms with Crippen LogP contribution < -0.4 is 15.8 Å². The highest BCUT2D eigenvalue weighted by Gasteiger charge is 2.25. The zero-order valence-corrected chi connectivity index (χ0v) is 25.3. The number of aromatic nitrogens is 1. The van der Waals surface area contributed by atoms with Gasteiger partial charge in [0, 0.05) is 48.2 Å². The van der Waals surface area contributed by atoms with Gasteiger partial charge in [-0.05, 0) is 112 Å². The summed E-state index contributed by atoms with van der Waals surface area (Å²) in [5.41, 5.74) is 8.50. The third-order valence-corrected chi connectivity index (χ3v) is 9.10. The molecule has 0 atom stereocenters. The molecule has 2 aliphatic rings. The zero-order valence-electron chi connectivity index (χ0n) is 25.3. The molecule has 1 amide bonds. The topological polar surface area (TPSA) is 68.4 Å². The summed E-state index contributed by atoms with van der Waals surface area (Å²) in [6.07, 6.45) is 8.80. The first kappa shape index (κ1) is 29.1. The van der Waals surface area contributed by atoms with E-state index in [0.29, 0.717) is 17.2 Å². The number of likely N-dealkylation sites (tertiary alicyclic amines) is 1. The van der Waals surface area contributed by atoms with Gasteiger partial charge in [-0.3, -0.25) is 14.5 Å². The van der Waals surface area contributed by atoms with Crippen LogP contribution in [0.2, 0.25) is 0 Å². The second-order valence-electron chi connectivity index (χ2n) is 12.1. The molecule has 0 bridgehead atoms. The van der Waals surface area contributed by atoms with Crippen LogP contribution in [0, 0.1) is 20.8 Å². The maximum Gasteiger partial charge on any atom is 0.253 e. The number of hydrogen-bond acceptors (Lipinski definition) is 4. The van der Waals surface area contributed by atoms with Gasteiger partial charge in [-0.15, -0.1) is 0 Å². The third-order valence-electron chi connectivity index (χ3n) is 9.10. The van der Waals surface area contributed by atoms with Crippen LogP contribution in [-0.2, 0) is 13.1 Å². The Labute approximate surface area is 245 Å². The molecule has 1 aliphatic heterocycles. The molecule has 6 nitrogen and oxygen atoms in total. The molecule has 2 aromatic carbocycles. The Morgan fingerprint density at radius 3 is 2.32 bits per heavy atom. The van der Waals surface area contributed by atoms with E-state index in [-0.39, 0.29) is 18.0 Å². The van der Waals surface area contributed by atoms with E-state index >= 15 is 0 Å². The van der Waals surface area contributed by atoms with Gasteiger partial charge >= 0.3 is 0 Å². The van der Waals surface area contributed by atoms with Crippen molar-refractivity contribution in [1.82, 2.24) is 15.2 Å². The van der Waals surface area contributed by atoms with Crippen LogP contribution in [0.15, 0.2) is 47.3 Å². The zero-order chi connectivity index (χ0) is 28.9. The minimum atomic E-state index is -0.143. The van der Waals surface area contributed by atoms with Gasteiger partial charge in [-0.2, -0.15) is 0 Å². The Hall–Kier alpha value is -3.38. The van der Waals surface area contributed by atoms with Crippen molar-refractivity contribution in [2.24, 2.45) is 0 Å². The number of benzene rings is 2. The number of nitrogens with one attached hydrogen (secondary N) is 2. The predicted octanol–water partition coefficient (Wildman–Crippen LogP) is 6.65. The summed E-state index contributed by atoms with van der Waals surface area (Å²) in [4.78, 5) is 34.2. The number of amides is 1. The molecule has 5 rings (SSSR count). The lowest BCUT2D eigenvalue weighted by molar-refractivity contribution is 0.0950. The van der Waals surface area contributed by atoms with Crippen LogP contribution >= 0.6 is 0 Å². The van der Waals surface area contributed by atoms with Crippen LogP contribution in [0.5, 0.6) is 0 Å². The van der Waals surface area contributed by atoms with E-state index in [4.69, 9.17) is 0 Å². The first-order valence-corrected chi connectivity index (χ1v) is 15.5. The van der Waals surface area contributed by atoms with E-state index in [1.165, 1.54) is 63.6 Å². The quantitative estimate of drug-likeness (QED) is 0.311. The van der Waals surface area contributed by atoms with Crippen LogP contribution in [0.1, 0.15) is 90.2 Å². The average molecular weight is 555 g/mol. The van der Waals surface area contributed by atoms with Crippen molar-refractivity contribution in [2.75, 3.05) is 24.5 Å². The second-order valence-corrected chi connectivity index (χ2v) is 12.1. The van der Waals surface area contributed by atoms with Crippen LogP contribution in [0.4, 0.5) is 5.69 Å². The molecule has 1 saturated heterocycles. The lowest BCUT2D eigenvalue weighted by Crippen LogP contribution is -2.37. The summed E-state index contributed by atoms with van der Waals surface area (Å²) in [7, 11) is 0. The highest BCUT2D eigenvalue weighted by molar-refractivity contribution is 5.99. The van der Waals surface area contributed by atoms with E-state index in [0.717, 1.165) is 46.7 Å². The molecule has 2 fully saturated rings. The molecule has 1 aromatic heterocycles. The molecular formula is C35H46N4O2. The molecule has 0 unspecified atom stereocenters. The molecule has 2 N–H and O–H groups in total. The fourth-order valence-electron chi connectivity index (χ4n) is 6.78. The maximum atomic E-state index is 13.8. The molecule has 0 radical (unpaired) electrons. The first-order valence-electron chi connectivity index (χ1n) is 15.5. The molecule has 1 aliphatic carbocycles. The Bertz CT molecular complexity index is 1410. The van der Waals surface area contributed by atoms with Crippen molar-refractivity contribution >= 4 is 11.6 Å². The number of pyridine rings is 1. The Morgan fingerprint density at radius 2 is 1.66 bits per heavy atom. The number of rotatable bonds is 9. The SMILES string of the molecule is CCN(c1cc(-c2ccc(CN3CCCC3)cc2)cc(C(=O)NCc2c(C)cc(C)[nH]c2=O)c1C)C1CCCCC1. The Balaban J connectivity index is 1.47. The summed E-state index contributed by atoms with van der Waals surface area (Å²) in [6, 6.07) is 15.6. The van der Waals surface area contributed by atoms with E-state index < -0.39 is 0 Å². The van der Waals surface area contributed by atoms with Gasteiger partial charge in [0.1, 0.15) is 0 Å². The number of aryl methyl sites for hydroxylation is 2. The molecule has 41 heavy (non-hydrogen) atoms. The van der Waals surface area contributed by atoms with Crippen molar-refractivity contribution in [2.45, 2.75) is 91.8 Å². The Kier molecular flexibility index (Phi) is 9.29. The van der Waals surface area contributed by atoms with E-state index in [9.17, 15) is 9.59 Å². The standard InChI is InChI=1S/C35H46N4O2/c1-5-39(30-11-7-6-8-12-30)33-21-29(28-15-13-27(14-16-28)23-38-17-9-10-18-38)20-31(26(33)4)34(40)36-22-32-24(2)19-25(3)37-35(32)41/h13-16,19-21,30H,5-12,17-18,22-23H2,1-4H3,(H,36,40)(H,37,41). The normalized spacial score (nSPS) is 16.2. The fourth-order valence-corrected chi connectivity index (χ4v) is 6.78. The fraction of sp³-hybridized carbons (Fsp3) is 0.486. The third kappa shape index (κ3) is 6.75. The monoisotopic (exact) mass is 554 g/mol. The number of nitrogens with zero attached hydrogens (tertiary/aromatic N) is 2. The lowest BCUT2D eigenvalue weighted by Gasteiger charge is -2.37. The van der Waals surface area contributed by atoms with Gasteiger partial charge in [0.15, 0.2) is 0 Å². The molecule has 218 valence electrons. The molecule has 6 heteroatoms. The highest BCUT2D eigenvalue weighted by Crippen LogP contribution is 2.35. The largest absolute Gasteiger partial charge is 0.369 e. The lowest BCUT2D eigenvalue weighted by atomic mass is 9.91.